The molecule has 5 rings (SSSR count). The molecule has 0 unspecified atom stereocenters. The van der Waals surface area contributed by atoms with Crippen molar-refractivity contribution < 1.29 is 0 Å². The minimum Gasteiger partial charge on any atom is -0.255 e. The predicted octanol–water partition coefficient (Wildman–Crippen LogP) is 8.02. The van der Waals surface area contributed by atoms with E-state index < -0.39 is 8.07 Å². The Labute approximate surface area is 208 Å². The highest BCUT2D eigenvalue weighted by atomic mass is 32.1. The van der Waals surface area contributed by atoms with E-state index in [2.05, 4.69) is 113 Å². The number of nitrogens with zero attached hydrogens (tertiary/aromatic N) is 1. The van der Waals surface area contributed by atoms with Gasteiger partial charge in [0.2, 0.25) is 0 Å². The van der Waals surface area contributed by atoms with Crippen molar-refractivity contribution in [2.75, 3.05) is 0 Å². The van der Waals surface area contributed by atoms with E-state index in [1.165, 1.54) is 44.1 Å². The molecule has 0 fully saturated rings. The van der Waals surface area contributed by atoms with Crippen LogP contribution in [0.15, 0.2) is 85.1 Å². The van der Waals surface area contributed by atoms with E-state index in [0.29, 0.717) is 0 Å². The van der Waals surface area contributed by atoms with Crippen LogP contribution in [0, 0.1) is 0 Å². The summed E-state index contributed by atoms with van der Waals surface area (Å²) in [4.78, 5) is 4.95. The number of rotatable bonds is 5. The number of benzene rings is 3. The minimum absolute atomic E-state index is 0.0594. The summed E-state index contributed by atoms with van der Waals surface area (Å²) >= 11 is 1.99. The Bertz CT molecular complexity index is 1460. The van der Waals surface area contributed by atoms with E-state index >= 15 is 0 Å². The number of hydrogen-bond acceptors (Lipinski definition) is 2. The fourth-order valence-electron chi connectivity index (χ4n) is 5.38. The van der Waals surface area contributed by atoms with Gasteiger partial charge in [0.15, 0.2) is 0 Å². The second kappa shape index (κ2) is 8.79. The van der Waals surface area contributed by atoms with Gasteiger partial charge in [0.05, 0.1) is 10.4 Å². The molecule has 0 N–H and O–H groups in total. The number of fused-ring (bicyclic) bond motifs is 2. The molecule has 0 bridgehead atoms. The first kappa shape index (κ1) is 23.0. The lowest BCUT2D eigenvalue weighted by molar-refractivity contribution is 0.596. The Hall–Kier alpha value is -2.75. The van der Waals surface area contributed by atoms with Gasteiger partial charge in [-0.2, -0.15) is 0 Å². The zero-order valence-electron chi connectivity index (χ0n) is 20.9. The molecule has 172 valence electrons. The SMILES string of the molecule is CC[Si](CC)(c1ccccc1)c1cc2ccnc(-c3cc(C(C)(C)C)c4ccccc4c3)c2s1. The second-order valence-corrected chi connectivity index (χ2v) is 16.4. The summed E-state index contributed by atoms with van der Waals surface area (Å²) < 4.78 is 2.90. The van der Waals surface area contributed by atoms with Crippen molar-refractivity contribution in [1.82, 2.24) is 4.98 Å². The molecule has 34 heavy (non-hydrogen) atoms. The van der Waals surface area contributed by atoms with Crippen LogP contribution < -0.4 is 9.69 Å². The van der Waals surface area contributed by atoms with E-state index in [9.17, 15) is 0 Å². The van der Waals surface area contributed by atoms with Gasteiger partial charge in [0.1, 0.15) is 8.07 Å². The fraction of sp³-hybridized carbons (Fsp3) is 0.258. The highest BCUT2D eigenvalue weighted by molar-refractivity contribution is 7.34. The smallest absolute Gasteiger partial charge is 0.130 e. The van der Waals surface area contributed by atoms with Crippen LogP contribution in [0.3, 0.4) is 0 Å². The summed E-state index contributed by atoms with van der Waals surface area (Å²) in [6.45, 7) is 11.7. The standard InChI is InChI=1S/C31H33NSSi/c1-6-34(7-2,25-14-9-8-10-15-25)28-21-23-17-18-32-29(30(23)33-28)24-19-22-13-11-12-16-26(22)27(20-24)31(3,4)5/h8-21H,6-7H2,1-5H3. The average molecular weight is 480 g/mol. The van der Waals surface area contributed by atoms with Gasteiger partial charge in [0.25, 0.3) is 0 Å². The molecule has 0 aliphatic heterocycles. The average Bonchev–Trinajstić information content (AvgIpc) is 3.29. The van der Waals surface area contributed by atoms with Gasteiger partial charge >= 0.3 is 0 Å². The highest BCUT2D eigenvalue weighted by Gasteiger charge is 2.35. The summed E-state index contributed by atoms with van der Waals surface area (Å²) in [6, 6.07) is 31.8. The van der Waals surface area contributed by atoms with E-state index in [1.54, 1.807) is 9.69 Å². The van der Waals surface area contributed by atoms with Gasteiger partial charge in [-0.05, 0) is 55.9 Å². The lowest BCUT2D eigenvalue weighted by atomic mass is 9.82. The van der Waals surface area contributed by atoms with Crippen molar-refractivity contribution >= 4 is 50.0 Å². The van der Waals surface area contributed by atoms with E-state index in [4.69, 9.17) is 4.98 Å². The molecule has 5 aromatic rings. The lowest BCUT2D eigenvalue weighted by Crippen LogP contribution is -2.55. The molecule has 2 heterocycles. The molecule has 0 aliphatic carbocycles. The van der Waals surface area contributed by atoms with Crippen molar-refractivity contribution in [2.45, 2.75) is 52.1 Å². The van der Waals surface area contributed by atoms with Crippen LogP contribution in [0.4, 0.5) is 0 Å². The maximum absolute atomic E-state index is 4.95. The zero-order valence-corrected chi connectivity index (χ0v) is 22.7. The Morgan fingerprint density at radius 3 is 2.21 bits per heavy atom. The van der Waals surface area contributed by atoms with Crippen LogP contribution in [0.25, 0.3) is 32.1 Å². The van der Waals surface area contributed by atoms with Gasteiger partial charge in [-0.15, -0.1) is 11.3 Å². The molecule has 3 aromatic carbocycles. The maximum atomic E-state index is 4.95. The zero-order chi connectivity index (χ0) is 23.9. The summed E-state index contributed by atoms with van der Waals surface area (Å²) in [5, 5.41) is 5.49. The third-order valence-corrected chi connectivity index (χ3v) is 14.8. The van der Waals surface area contributed by atoms with E-state index in [0.717, 1.165) is 5.69 Å². The first-order valence-corrected chi connectivity index (χ1v) is 15.6. The number of hydrogen-bond donors (Lipinski definition) is 0. The van der Waals surface area contributed by atoms with E-state index in [1.807, 2.05) is 17.5 Å². The third kappa shape index (κ3) is 3.81. The van der Waals surface area contributed by atoms with Crippen molar-refractivity contribution in [3.8, 4) is 11.3 Å². The molecular formula is C31H33NSSi. The molecule has 0 spiro atoms. The van der Waals surface area contributed by atoms with Crippen LogP contribution in [-0.4, -0.2) is 13.1 Å². The van der Waals surface area contributed by atoms with Gasteiger partial charge in [0, 0.05) is 11.8 Å². The monoisotopic (exact) mass is 479 g/mol. The van der Waals surface area contributed by atoms with Crippen molar-refractivity contribution in [1.29, 1.82) is 0 Å². The first-order chi connectivity index (χ1) is 16.4. The van der Waals surface area contributed by atoms with Crippen molar-refractivity contribution in [3.63, 3.8) is 0 Å². The van der Waals surface area contributed by atoms with Crippen molar-refractivity contribution in [3.05, 3.63) is 90.6 Å². The molecule has 0 saturated carbocycles. The molecule has 0 amide bonds. The Morgan fingerprint density at radius 2 is 1.50 bits per heavy atom. The Morgan fingerprint density at radius 1 is 0.794 bits per heavy atom. The predicted molar refractivity (Wildman–Crippen MR) is 154 cm³/mol. The number of aromatic nitrogens is 1. The van der Waals surface area contributed by atoms with Crippen LogP contribution in [0.1, 0.15) is 40.2 Å². The third-order valence-electron chi connectivity index (χ3n) is 7.38. The van der Waals surface area contributed by atoms with E-state index in [-0.39, 0.29) is 5.41 Å². The molecule has 3 heteroatoms. The minimum atomic E-state index is -1.80. The van der Waals surface area contributed by atoms with Crippen LogP contribution in [0.5, 0.6) is 0 Å². The normalized spacial score (nSPS) is 12.5. The van der Waals surface area contributed by atoms with Gasteiger partial charge in [-0.1, -0.05) is 106 Å². The topological polar surface area (TPSA) is 12.9 Å². The first-order valence-electron chi connectivity index (χ1n) is 12.4. The summed E-state index contributed by atoms with van der Waals surface area (Å²) in [7, 11) is -1.80. The number of pyridine rings is 1. The van der Waals surface area contributed by atoms with Crippen molar-refractivity contribution in [2.24, 2.45) is 0 Å². The summed E-state index contributed by atoms with van der Waals surface area (Å²) in [6.07, 6.45) is 1.99. The molecule has 0 saturated heterocycles. The van der Waals surface area contributed by atoms with Crippen LogP contribution >= 0.6 is 11.3 Å². The number of thiophene rings is 1. The largest absolute Gasteiger partial charge is 0.255 e. The highest BCUT2D eigenvalue weighted by Crippen LogP contribution is 2.38. The molecule has 0 aliphatic rings. The fourth-order valence-corrected chi connectivity index (χ4v) is 12.2. The van der Waals surface area contributed by atoms with Crippen LogP contribution in [-0.2, 0) is 5.41 Å². The molecular weight excluding hydrogens is 447 g/mol. The van der Waals surface area contributed by atoms with Gasteiger partial charge in [-0.25, -0.2) is 0 Å². The van der Waals surface area contributed by atoms with Gasteiger partial charge in [-0.3, -0.25) is 4.98 Å². The van der Waals surface area contributed by atoms with Gasteiger partial charge < -0.3 is 0 Å². The Balaban J connectivity index is 1.74. The Kier molecular flexibility index (Phi) is 5.95. The van der Waals surface area contributed by atoms with Crippen LogP contribution in [0.2, 0.25) is 12.1 Å². The second-order valence-electron chi connectivity index (χ2n) is 10.3. The molecule has 0 radical (unpaired) electrons. The quantitative estimate of drug-likeness (QED) is 0.233. The summed E-state index contributed by atoms with van der Waals surface area (Å²) in [5.41, 5.74) is 3.78. The maximum Gasteiger partial charge on any atom is 0.130 e. The molecule has 1 nitrogen and oxygen atoms in total. The molecule has 0 atom stereocenters. The summed E-state index contributed by atoms with van der Waals surface area (Å²) in [5.74, 6) is 0. The molecule has 2 aromatic heterocycles. The lowest BCUT2D eigenvalue weighted by Gasteiger charge is -2.28.